The number of hydrogen-bond donors (Lipinski definition) is 1. The van der Waals surface area contributed by atoms with Crippen molar-refractivity contribution in [2.75, 3.05) is 7.11 Å². The van der Waals surface area contributed by atoms with E-state index in [0.717, 1.165) is 16.9 Å². The summed E-state index contributed by atoms with van der Waals surface area (Å²) in [6, 6.07) is 10.2. The lowest BCUT2D eigenvalue weighted by molar-refractivity contribution is -0.130. The Balaban J connectivity index is 1.98. The van der Waals surface area contributed by atoms with Crippen LogP contribution in [0.15, 0.2) is 60.1 Å². The molecule has 0 saturated heterocycles. The van der Waals surface area contributed by atoms with Gasteiger partial charge in [0.15, 0.2) is 11.5 Å². The van der Waals surface area contributed by atoms with Gasteiger partial charge in [-0.25, -0.2) is 0 Å². The number of ketones is 1. The molecule has 0 bridgehead atoms. The quantitative estimate of drug-likeness (QED) is 0.794. The number of benzene rings is 1. The predicted molar refractivity (Wildman–Crippen MR) is 105 cm³/mol. The molecule has 2 heterocycles. The average molecular weight is 380 g/mol. The number of aromatic nitrogens is 1. The Kier molecular flexibility index (Phi) is 5.78. The molecule has 28 heavy (non-hydrogen) atoms. The Morgan fingerprint density at radius 1 is 1.18 bits per heavy atom. The van der Waals surface area contributed by atoms with E-state index in [1.165, 1.54) is 4.90 Å². The minimum atomic E-state index is -0.635. The molecule has 1 aromatic heterocycles. The van der Waals surface area contributed by atoms with Crippen molar-refractivity contribution in [1.82, 2.24) is 9.88 Å². The summed E-state index contributed by atoms with van der Waals surface area (Å²) in [5, 5.41) is 10.5. The van der Waals surface area contributed by atoms with Gasteiger partial charge in [0.25, 0.3) is 5.91 Å². The zero-order valence-electron chi connectivity index (χ0n) is 16.3. The molecule has 6 heteroatoms. The molecule has 1 N–H and O–H groups in total. The van der Waals surface area contributed by atoms with Crippen LogP contribution in [0.25, 0.3) is 0 Å². The van der Waals surface area contributed by atoms with E-state index < -0.39 is 17.7 Å². The largest absolute Gasteiger partial charge is 0.503 e. The Hall–Kier alpha value is -3.15. The van der Waals surface area contributed by atoms with Crippen molar-refractivity contribution in [1.29, 1.82) is 0 Å². The van der Waals surface area contributed by atoms with Crippen LogP contribution in [0, 0.1) is 5.92 Å². The first-order valence-electron chi connectivity index (χ1n) is 9.22. The highest BCUT2D eigenvalue weighted by molar-refractivity contribution is 6.08. The second-order valence-corrected chi connectivity index (χ2v) is 7.25. The van der Waals surface area contributed by atoms with Crippen LogP contribution >= 0.6 is 0 Å². The monoisotopic (exact) mass is 380 g/mol. The van der Waals surface area contributed by atoms with Gasteiger partial charge in [-0.1, -0.05) is 26.0 Å². The second kappa shape index (κ2) is 8.25. The Bertz CT molecular complexity index is 889. The topological polar surface area (TPSA) is 79.7 Å². The Labute approximate surface area is 164 Å². The smallest absolute Gasteiger partial charge is 0.290 e. The summed E-state index contributed by atoms with van der Waals surface area (Å²) in [6.07, 6.45) is 3.50. The van der Waals surface area contributed by atoms with Crippen molar-refractivity contribution in [3.63, 3.8) is 0 Å². The van der Waals surface area contributed by atoms with Gasteiger partial charge in [-0.2, -0.15) is 0 Å². The summed E-state index contributed by atoms with van der Waals surface area (Å²) in [5.74, 6) is -0.363. The molecule has 2 aromatic rings. The molecule has 6 nitrogen and oxygen atoms in total. The first-order chi connectivity index (χ1) is 13.4. The Morgan fingerprint density at radius 3 is 2.39 bits per heavy atom. The number of carbonyl (C=O) groups is 2. The number of amides is 1. The summed E-state index contributed by atoms with van der Waals surface area (Å²) < 4.78 is 5.17. The average Bonchev–Trinajstić information content (AvgIpc) is 2.94. The lowest BCUT2D eigenvalue weighted by Gasteiger charge is -2.27. The van der Waals surface area contributed by atoms with Gasteiger partial charge in [0.2, 0.25) is 0 Å². The number of hydrogen-bond acceptors (Lipinski definition) is 5. The van der Waals surface area contributed by atoms with Gasteiger partial charge in [0.1, 0.15) is 5.75 Å². The highest BCUT2D eigenvalue weighted by Gasteiger charge is 2.43. The van der Waals surface area contributed by atoms with Crippen LogP contribution < -0.4 is 4.74 Å². The van der Waals surface area contributed by atoms with Crippen molar-refractivity contribution in [2.45, 2.75) is 32.9 Å². The molecular formula is C22H24N2O4. The maximum Gasteiger partial charge on any atom is 0.290 e. The van der Waals surface area contributed by atoms with Crippen LogP contribution in [0.4, 0.5) is 0 Å². The number of methoxy groups -OCH3 is 1. The molecule has 0 spiro atoms. The molecule has 1 aliphatic rings. The van der Waals surface area contributed by atoms with E-state index in [0.29, 0.717) is 0 Å². The van der Waals surface area contributed by atoms with Gasteiger partial charge in [0.05, 0.1) is 18.7 Å². The fraction of sp³-hybridized carbons (Fsp3) is 0.318. The Morgan fingerprint density at radius 2 is 1.82 bits per heavy atom. The minimum Gasteiger partial charge on any atom is -0.503 e. The van der Waals surface area contributed by atoms with Crippen LogP contribution in [-0.4, -0.2) is 33.8 Å². The number of Topliss-reactive ketones (excluding diaryl/α,β-unsaturated/α-hetero) is 1. The third kappa shape index (κ3) is 3.91. The van der Waals surface area contributed by atoms with Gasteiger partial charge in [-0.3, -0.25) is 14.6 Å². The number of ether oxygens (including phenoxy) is 1. The molecule has 1 unspecified atom stereocenters. The van der Waals surface area contributed by atoms with Gasteiger partial charge in [-0.05, 0) is 41.3 Å². The van der Waals surface area contributed by atoms with Crippen molar-refractivity contribution in [2.24, 2.45) is 5.92 Å². The summed E-state index contributed by atoms with van der Waals surface area (Å²) in [7, 11) is 1.59. The second-order valence-electron chi connectivity index (χ2n) is 7.25. The number of rotatable bonds is 7. The lowest BCUT2D eigenvalue weighted by Crippen LogP contribution is -2.30. The molecule has 1 aliphatic heterocycles. The predicted octanol–water partition coefficient (Wildman–Crippen LogP) is 3.60. The number of carbonyl (C=O) groups excluding carboxylic acids is 2. The summed E-state index contributed by atoms with van der Waals surface area (Å²) in [5.41, 5.74) is 1.78. The molecular weight excluding hydrogens is 356 g/mol. The minimum absolute atomic E-state index is 0.122. The molecule has 0 fully saturated rings. The molecule has 0 radical (unpaired) electrons. The fourth-order valence-corrected chi connectivity index (χ4v) is 3.40. The van der Waals surface area contributed by atoms with E-state index in [9.17, 15) is 14.7 Å². The van der Waals surface area contributed by atoms with Crippen molar-refractivity contribution >= 4 is 11.7 Å². The third-order valence-electron chi connectivity index (χ3n) is 4.73. The molecule has 0 saturated carbocycles. The molecule has 1 amide bonds. The zero-order chi connectivity index (χ0) is 20.3. The summed E-state index contributed by atoms with van der Waals surface area (Å²) in [4.78, 5) is 31.2. The number of pyridine rings is 1. The van der Waals surface area contributed by atoms with Crippen LogP contribution in [0.3, 0.4) is 0 Å². The van der Waals surface area contributed by atoms with Crippen molar-refractivity contribution < 1.29 is 19.4 Å². The molecule has 3 rings (SSSR count). The van der Waals surface area contributed by atoms with E-state index in [2.05, 4.69) is 4.98 Å². The molecule has 1 atom stereocenters. The maximum atomic E-state index is 12.8. The van der Waals surface area contributed by atoms with Crippen LogP contribution in [0.5, 0.6) is 5.75 Å². The van der Waals surface area contributed by atoms with Gasteiger partial charge < -0.3 is 14.7 Å². The SMILES string of the molecule is COc1ccc(CN2C(=O)C(O)=C(C(=O)CC(C)C)C2c2ccncc2)cc1. The molecule has 146 valence electrons. The van der Waals surface area contributed by atoms with E-state index in [1.54, 1.807) is 31.6 Å². The standard InChI is InChI=1S/C22H24N2O4/c1-14(2)12-18(25)19-20(16-8-10-23-11-9-16)24(22(27)21(19)26)13-15-4-6-17(28-3)7-5-15/h4-11,14,20,26H,12-13H2,1-3H3. The van der Waals surface area contributed by atoms with E-state index in [4.69, 9.17) is 4.74 Å². The van der Waals surface area contributed by atoms with Crippen LogP contribution in [0.1, 0.15) is 37.4 Å². The van der Waals surface area contributed by atoms with Crippen molar-refractivity contribution in [3.05, 3.63) is 71.3 Å². The van der Waals surface area contributed by atoms with Crippen LogP contribution in [0.2, 0.25) is 0 Å². The highest BCUT2D eigenvalue weighted by Crippen LogP contribution is 2.39. The number of aliphatic hydroxyl groups is 1. The third-order valence-corrected chi connectivity index (χ3v) is 4.73. The highest BCUT2D eigenvalue weighted by atomic mass is 16.5. The van der Waals surface area contributed by atoms with Gasteiger partial charge >= 0.3 is 0 Å². The number of aliphatic hydroxyl groups excluding tert-OH is 1. The molecule has 0 aliphatic carbocycles. The fourth-order valence-electron chi connectivity index (χ4n) is 3.40. The molecule has 1 aromatic carbocycles. The van der Waals surface area contributed by atoms with E-state index in [1.807, 2.05) is 38.1 Å². The van der Waals surface area contributed by atoms with Crippen molar-refractivity contribution in [3.8, 4) is 5.75 Å². The summed E-state index contributed by atoms with van der Waals surface area (Å²) >= 11 is 0. The first kappa shape index (κ1) is 19.6. The summed E-state index contributed by atoms with van der Waals surface area (Å²) in [6.45, 7) is 4.13. The maximum absolute atomic E-state index is 12.8. The van der Waals surface area contributed by atoms with E-state index >= 15 is 0 Å². The van der Waals surface area contributed by atoms with Gasteiger partial charge in [0, 0.05) is 25.4 Å². The zero-order valence-corrected chi connectivity index (χ0v) is 16.3. The van der Waals surface area contributed by atoms with E-state index in [-0.39, 0.29) is 30.2 Å². The number of nitrogens with zero attached hydrogens (tertiary/aromatic N) is 2. The van der Waals surface area contributed by atoms with Gasteiger partial charge in [-0.15, -0.1) is 0 Å². The first-order valence-corrected chi connectivity index (χ1v) is 9.22. The lowest BCUT2D eigenvalue weighted by atomic mass is 9.92. The van der Waals surface area contributed by atoms with Crippen LogP contribution in [-0.2, 0) is 16.1 Å². The normalized spacial score (nSPS) is 16.8.